The van der Waals surface area contributed by atoms with Crippen molar-refractivity contribution in [3.63, 3.8) is 0 Å². The lowest BCUT2D eigenvalue weighted by atomic mass is 10.1. The minimum atomic E-state index is -3.96. The van der Waals surface area contributed by atoms with Gasteiger partial charge in [0.15, 0.2) is 0 Å². The minimum Gasteiger partial charge on any atom is -0.352 e. The molecule has 0 atom stereocenters. The van der Waals surface area contributed by atoms with Gasteiger partial charge in [-0.25, -0.2) is 8.42 Å². The number of halogens is 1. The van der Waals surface area contributed by atoms with E-state index in [2.05, 4.69) is 10.0 Å². The Morgan fingerprint density at radius 2 is 1.67 bits per heavy atom. The molecule has 0 saturated carbocycles. The van der Waals surface area contributed by atoms with Gasteiger partial charge in [-0.05, 0) is 67.3 Å². The number of carbonyl (C=O) groups is 1. The molecule has 7 heteroatoms. The number of anilines is 1. The summed E-state index contributed by atoms with van der Waals surface area (Å²) < 4.78 is 28.3. The molecule has 5 nitrogen and oxygen atoms in total. The maximum absolute atomic E-state index is 12.9. The topological polar surface area (TPSA) is 75.3 Å². The molecule has 0 aliphatic heterocycles. The van der Waals surface area contributed by atoms with Crippen LogP contribution in [0.5, 0.6) is 0 Å². The predicted octanol–water partition coefficient (Wildman–Crippen LogP) is 4.73. The highest BCUT2D eigenvalue weighted by atomic mass is 35.5. The van der Waals surface area contributed by atoms with E-state index in [-0.39, 0.29) is 21.4 Å². The Morgan fingerprint density at radius 3 is 2.37 bits per heavy atom. The number of aryl methyl sites for hydroxylation is 2. The van der Waals surface area contributed by atoms with E-state index >= 15 is 0 Å². The number of sulfonamides is 1. The second-order valence-corrected chi connectivity index (χ2v) is 9.10. The molecule has 1 amide bonds. The summed E-state index contributed by atoms with van der Waals surface area (Å²) in [7, 11) is -3.96. The van der Waals surface area contributed by atoms with Crippen LogP contribution in [0.4, 0.5) is 5.69 Å². The molecule has 0 unspecified atom stereocenters. The SMILES string of the molecule is Cc1ccc(NS(=O)(=O)c2cc(C(=O)NCCc3ccccc3)ccc2Cl)cc1C. The fourth-order valence-electron chi connectivity index (χ4n) is 2.93. The molecule has 3 rings (SSSR count). The average molecular weight is 443 g/mol. The van der Waals surface area contributed by atoms with E-state index in [0.29, 0.717) is 18.7 Å². The van der Waals surface area contributed by atoms with Gasteiger partial charge in [-0.15, -0.1) is 0 Å². The summed E-state index contributed by atoms with van der Waals surface area (Å²) in [4.78, 5) is 12.4. The summed E-state index contributed by atoms with van der Waals surface area (Å²) >= 11 is 6.14. The van der Waals surface area contributed by atoms with Crippen molar-refractivity contribution < 1.29 is 13.2 Å². The Balaban J connectivity index is 1.74. The first-order valence-corrected chi connectivity index (χ1v) is 11.3. The molecule has 3 aromatic carbocycles. The Hall–Kier alpha value is -2.83. The average Bonchev–Trinajstić information content (AvgIpc) is 2.71. The van der Waals surface area contributed by atoms with Crippen LogP contribution in [0.2, 0.25) is 5.02 Å². The molecule has 156 valence electrons. The van der Waals surface area contributed by atoms with E-state index < -0.39 is 10.0 Å². The third kappa shape index (κ3) is 5.40. The summed E-state index contributed by atoms with van der Waals surface area (Å²) in [6, 6.07) is 19.3. The van der Waals surface area contributed by atoms with Crippen LogP contribution in [-0.2, 0) is 16.4 Å². The molecule has 0 fully saturated rings. The van der Waals surface area contributed by atoms with Crippen LogP contribution in [0.3, 0.4) is 0 Å². The van der Waals surface area contributed by atoms with Crippen molar-refractivity contribution in [2.45, 2.75) is 25.2 Å². The molecule has 0 radical (unpaired) electrons. The van der Waals surface area contributed by atoms with Gasteiger partial charge >= 0.3 is 0 Å². The Bertz CT molecular complexity index is 1160. The summed E-state index contributed by atoms with van der Waals surface area (Å²) in [5.74, 6) is -0.356. The van der Waals surface area contributed by atoms with E-state index in [1.165, 1.54) is 18.2 Å². The second kappa shape index (κ2) is 9.32. The first-order valence-electron chi connectivity index (χ1n) is 9.48. The monoisotopic (exact) mass is 442 g/mol. The van der Waals surface area contributed by atoms with Gasteiger partial charge in [-0.3, -0.25) is 9.52 Å². The van der Waals surface area contributed by atoms with Crippen molar-refractivity contribution in [2.75, 3.05) is 11.3 Å². The molecule has 30 heavy (non-hydrogen) atoms. The molecule has 0 aliphatic rings. The van der Waals surface area contributed by atoms with Crippen molar-refractivity contribution in [1.82, 2.24) is 5.32 Å². The molecule has 2 N–H and O–H groups in total. The maximum atomic E-state index is 12.9. The number of hydrogen-bond donors (Lipinski definition) is 2. The maximum Gasteiger partial charge on any atom is 0.263 e. The molecule has 0 aliphatic carbocycles. The van der Waals surface area contributed by atoms with Gasteiger partial charge in [0.25, 0.3) is 15.9 Å². The van der Waals surface area contributed by atoms with Crippen molar-refractivity contribution in [1.29, 1.82) is 0 Å². The van der Waals surface area contributed by atoms with E-state index in [0.717, 1.165) is 16.7 Å². The van der Waals surface area contributed by atoms with Gasteiger partial charge in [0.2, 0.25) is 0 Å². The fourth-order valence-corrected chi connectivity index (χ4v) is 4.51. The van der Waals surface area contributed by atoms with Crippen molar-refractivity contribution in [2.24, 2.45) is 0 Å². The van der Waals surface area contributed by atoms with Crippen LogP contribution < -0.4 is 10.0 Å². The van der Waals surface area contributed by atoms with Crippen LogP contribution >= 0.6 is 11.6 Å². The van der Waals surface area contributed by atoms with Crippen molar-refractivity contribution >= 4 is 33.2 Å². The summed E-state index contributed by atoms with van der Waals surface area (Å²) in [6.07, 6.45) is 0.680. The standard InChI is InChI=1S/C23H23ClN2O3S/c1-16-8-10-20(14-17(16)2)26-30(28,29)22-15-19(9-11-21(22)24)23(27)25-13-12-18-6-4-3-5-7-18/h3-11,14-15,26H,12-13H2,1-2H3,(H,25,27). The molecule has 0 spiro atoms. The van der Waals surface area contributed by atoms with Crippen LogP contribution in [0.25, 0.3) is 0 Å². The zero-order valence-corrected chi connectivity index (χ0v) is 18.3. The van der Waals surface area contributed by atoms with Crippen LogP contribution in [0, 0.1) is 13.8 Å². The van der Waals surface area contributed by atoms with Gasteiger partial charge in [-0.2, -0.15) is 0 Å². The van der Waals surface area contributed by atoms with Crippen LogP contribution in [0.15, 0.2) is 71.6 Å². The smallest absolute Gasteiger partial charge is 0.263 e. The third-order valence-electron chi connectivity index (χ3n) is 4.78. The van der Waals surface area contributed by atoms with E-state index in [1.807, 2.05) is 50.2 Å². The van der Waals surface area contributed by atoms with Crippen LogP contribution in [0.1, 0.15) is 27.0 Å². The van der Waals surface area contributed by atoms with Gasteiger partial charge in [0.1, 0.15) is 4.90 Å². The highest BCUT2D eigenvalue weighted by molar-refractivity contribution is 7.92. The number of amides is 1. The summed E-state index contributed by atoms with van der Waals surface area (Å²) in [5.41, 5.74) is 3.80. The Labute approximate surface area is 182 Å². The molecule has 0 saturated heterocycles. The molecule has 0 aromatic heterocycles. The third-order valence-corrected chi connectivity index (χ3v) is 6.65. The van der Waals surface area contributed by atoms with Gasteiger partial charge in [-0.1, -0.05) is 48.0 Å². The van der Waals surface area contributed by atoms with E-state index in [4.69, 9.17) is 11.6 Å². The minimum absolute atomic E-state index is 0.0483. The second-order valence-electron chi connectivity index (χ2n) is 7.04. The Kier molecular flexibility index (Phi) is 6.80. The first-order chi connectivity index (χ1) is 14.3. The number of hydrogen-bond acceptors (Lipinski definition) is 3. The number of nitrogens with one attached hydrogen (secondary N) is 2. The molecular weight excluding hydrogens is 420 g/mol. The highest BCUT2D eigenvalue weighted by Crippen LogP contribution is 2.26. The Morgan fingerprint density at radius 1 is 0.933 bits per heavy atom. The molecule has 0 heterocycles. The highest BCUT2D eigenvalue weighted by Gasteiger charge is 2.20. The van der Waals surface area contributed by atoms with Gasteiger partial charge in [0.05, 0.1) is 5.02 Å². The fraction of sp³-hybridized carbons (Fsp3) is 0.174. The van der Waals surface area contributed by atoms with Gasteiger partial charge < -0.3 is 5.32 Å². The summed E-state index contributed by atoms with van der Waals surface area (Å²) in [5, 5.41) is 2.86. The molecular formula is C23H23ClN2O3S. The van der Waals surface area contributed by atoms with Crippen LogP contribution in [-0.4, -0.2) is 20.9 Å². The summed E-state index contributed by atoms with van der Waals surface area (Å²) in [6.45, 7) is 4.29. The predicted molar refractivity (Wildman–Crippen MR) is 121 cm³/mol. The largest absolute Gasteiger partial charge is 0.352 e. The molecule has 0 bridgehead atoms. The van der Waals surface area contributed by atoms with E-state index in [1.54, 1.807) is 12.1 Å². The van der Waals surface area contributed by atoms with Crippen molar-refractivity contribution in [3.8, 4) is 0 Å². The lowest BCUT2D eigenvalue weighted by Gasteiger charge is -2.12. The lowest BCUT2D eigenvalue weighted by molar-refractivity contribution is 0.0954. The zero-order valence-electron chi connectivity index (χ0n) is 16.8. The number of rotatable bonds is 7. The first kappa shape index (κ1) is 21.9. The zero-order chi connectivity index (χ0) is 21.7. The lowest BCUT2D eigenvalue weighted by Crippen LogP contribution is -2.26. The van der Waals surface area contributed by atoms with Crippen molar-refractivity contribution in [3.05, 3.63) is 94.0 Å². The van der Waals surface area contributed by atoms with E-state index in [9.17, 15) is 13.2 Å². The number of carbonyl (C=O) groups excluding carboxylic acids is 1. The van der Waals surface area contributed by atoms with Gasteiger partial charge in [0, 0.05) is 17.8 Å². The number of benzene rings is 3. The normalized spacial score (nSPS) is 11.2. The molecule has 3 aromatic rings. The quantitative estimate of drug-likeness (QED) is 0.555.